The number of anilines is 1. The lowest BCUT2D eigenvalue weighted by Crippen LogP contribution is -2.44. The van der Waals surface area contributed by atoms with Gasteiger partial charge >= 0.3 is 0 Å². The Morgan fingerprint density at radius 1 is 1.14 bits per heavy atom. The predicted octanol–water partition coefficient (Wildman–Crippen LogP) is 1.92. The van der Waals surface area contributed by atoms with Crippen LogP contribution in [-0.2, 0) is 0 Å². The molecule has 4 nitrogen and oxygen atoms in total. The maximum Gasteiger partial charge on any atom is 0.253 e. The molecule has 0 radical (unpaired) electrons. The van der Waals surface area contributed by atoms with Crippen LogP contribution >= 0.6 is 0 Å². The van der Waals surface area contributed by atoms with Crippen LogP contribution in [0.1, 0.15) is 23.7 Å². The van der Waals surface area contributed by atoms with E-state index in [9.17, 15) is 4.79 Å². The van der Waals surface area contributed by atoms with Crippen molar-refractivity contribution >= 4 is 11.6 Å². The van der Waals surface area contributed by atoms with Crippen LogP contribution < -0.4 is 4.90 Å². The van der Waals surface area contributed by atoms with E-state index in [0.717, 1.165) is 50.7 Å². The fourth-order valence-corrected chi connectivity index (χ4v) is 3.97. The molecule has 2 aliphatic heterocycles. The summed E-state index contributed by atoms with van der Waals surface area (Å²) in [7, 11) is 2.17. The number of piperidine rings is 1. The Kier molecular flexibility index (Phi) is 3.19. The topological polar surface area (TPSA) is 26.8 Å². The smallest absolute Gasteiger partial charge is 0.253 e. The molecule has 1 aromatic carbocycles. The van der Waals surface area contributed by atoms with Crippen molar-refractivity contribution in [2.24, 2.45) is 11.3 Å². The average Bonchev–Trinajstić information content (AvgIpc) is 3.05. The second kappa shape index (κ2) is 4.98. The molecule has 0 N–H and O–H groups in total. The summed E-state index contributed by atoms with van der Waals surface area (Å²) in [6, 6.07) is 8.22. The van der Waals surface area contributed by atoms with Gasteiger partial charge in [0.2, 0.25) is 0 Å². The molecule has 1 amide bonds. The third kappa shape index (κ3) is 2.39. The van der Waals surface area contributed by atoms with E-state index < -0.39 is 0 Å². The van der Waals surface area contributed by atoms with Crippen LogP contribution in [0.4, 0.5) is 5.69 Å². The number of likely N-dealkylation sites (tertiary alicyclic amines) is 1. The number of carbonyl (C=O) groups is 1. The maximum absolute atomic E-state index is 12.6. The molecule has 2 unspecified atom stereocenters. The minimum absolute atomic E-state index is 0.207. The third-order valence-corrected chi connectivity index (χ3v) is 5.80. The Morgan fingerprint density at radius 2 is 1.82 bits per heavy atom. The molecule has 1 saturated carbocycles. The Hall–Kier alpha value is -1.55. The van der Waals surface area contributed by atoms with Crippen molar-refractivity contribution in [1.29, 1.82) is 0 Å². The number of fused-ring (bicyclic) bond motifs is 1. The molecule has 118 valence electrons. The molecular formula is C18H25N3O. The van der Waals surface area contributed by atoms with Gasteiger partial charge in [0, 0.05) is 50.5 Å². The Bertz CT molecular complexity index is 576. The average molecular weight is 299 g/mol. The normalized spacial score (nSPS) is 31.3. The van der Waals surface area contributed by atoms with Crippen LogP contribution in [0.5, 0.6) is 0 Å². The number of hydrogen-bond acceptors (Lipinski definition) is 3. The molecule has 2 atom stereocenters. The molecule has 2 heterocycles. The largest absolute Gasteiger partial charge is 0.369 e. The van der Waals surface area contributed by atoms with Crippen LogP contribution in [0.3, 0.4) is 0 Å². The summed E-state index contributed by atoms with van der Waals surface area (Å²) in [6.45, 7) is 8.54. The summed E-state index contributed by atoms with van der Waals surface area (Å²) in [5.74, 6) is 0.958. The highest BCUT2D eigenvalue weighted by atomic mass is 16.2. The summed E-state index contributed by atoms with van der Waals surface area (Å²) < 4.78 is 0. The lowest BCUT2D eigenvalue weighted by atomic mass is 10.1. The zero-order valence-corrected chi connectivity index (χ0v) is 13.6. The lowest BCUT2D eigenvalue weighted by molar-refractivity contribution is 0.0767. The van der Waals surface area contributed by atoms with E-state index in [1.54, 1.807) is 0 Å². The highest BCUT2D eigenvalue weighted by Crippen LogP contribution is 2.57. The van der Waals surface area contributed by atoms with Gasteiger partial charge in [-0.3, -0.25) is 4.79 Å². The van der Waals surface area contributed by atoms with Gasteiger partial charge in [-0.15, -0.1) is 0 Å². The minimum Gasteiger partial charge on any atom is -0.369 e. The molecule has 4 rings (SSSR count). The van der Waals surface area contributed by atoms with E-state index >= 15 is 0 Å². The van der Waals surface area contributed by atoms with Crippen LogP contribution in [-0.4, -0.2) is 62.0 Å². The Balaban J connectivity index is 1.42. The standard InChI is InChI=1S/C18H25N3O/c1-18-11-15(18)12-21(13-18)17(22)14-3-5-16(6-4-14)20-9-7-19(2)8-10-20/h3-6,15H,7-13H2,1-2H3. The molecule has 3 aliphatic rings. The summed E-state index contributed by atoms with van der Waals surface area (Å²) in [5, 5.41) is 0. The van der Waals surface area contributed by atoms with Gasteiger partial charge in [0.05, 0.1) is 0 Å². The molecule has 1 aromatic rings. The van der Waals surface area contributed by atoms with Gasteiger partial charge < -0.3 is 14.7 Å². The third-order valence-electron chi connectivity index (χ3n) is 5.80. The molecule has 0 bridgehead atoms. The van der Waals surface area contributed by atoms with Gasteiger partial charge in [0.1, 0.15) is 0 Å². The van der Waals surface area contributed by atoms with Gasteiger partial charge in [0.15, 0.2) is 0 Å². The second-order valence-corrected chi connectivity index (χ2v) is 7.58. The first-order valence-electron chi connectivity index (χ1n) is 8.38. The van der Waals surface area contributed by atoms with Crippen LogP contribution in [0.25, 0.3) is 0 Å². The molecule has 22 heavy (non-hydrogen) atoms. The molecule has 4 heteroatoms. The fourth-order valence-electron chi connectivity index (χ4n) is 3.97. The number of nitrogens with zero attached hydrogens (tertiary/aromatic N) is 3. The predicted molar refractivity (Wildman–Crippen MR) is 88.3 cm³/mol. The molecular weight excluding hydrogens is 274 g/mol. The van der Waals surface area contributed by atoms with Crippen molar-refractivity contribution in [2.75, 3.05) is 51.2 Å². The first-order valence-corrected chi connectivity index (χ1v) is 8.38. The number of piperazine rings is 1. The molecule has 3 fully saturated rings. The summed E-state index contributed by atoms with van der Waals surface area (Å²) in [4.78, 5) is 19.4. The highest BCUT2D eigenvalue weighted by Gasteiger charge is 2.57. The molecule has 2 saturated heterocycles. The first-order chi connectivity index (χ1) is 10.5. The second-order valence-electron chi connectivity index (χ2n) is 7.58. The monoisotopic (exact) mass is 299 g/mol. The summed E-state index contributed by atoms with van der Waals surface area (Å²) in [6.07, 6.45) is 1.30. The van der Waals surface area contributed by atoms with E-state index in [0.29, 0.717) is 5.41 Å². The van der Waals surface area contributed by atoms with Crippen molar-refractivity contribution in [1.82, 2.24) is 9.80 Å². The SMILES string of the molecule is CN1CCN(c2ccc(C(=O)N3CC4CC4(C)C3)cc2)CC1. The number of amides is 1. The van der Waals surface area contributed by atoms with Crippen molar-refractivity contribution < 1.29 is 4.79 Å². The van der Waals surface area contributed by atoms with Gasteiger partial charge in [-0.2, -0.15) is 0 Å². The number of hydrogen-bond donors (Lipinski definition) is 0. The minimum atomic E-state index is 0.207. The van der Waals surface area contributed by atoms with Crippen molar-refractivity contribution in [3.63, 3.8) is 0 Å². The number of carbonyl (C=O) groups excluding carboxylic acids is 1. The van der Waals surface area contributed by atoms with E-state index in [1.165, 1.54) is 12.1 Å². The fraction of sp³-hybridized carbons (Fsp3) is 0.611. The highest BCUT2D eigenvalue weighted by molar-refractivity contribution is 5.95. The van der Waals surface area contributed by atoms with Crippen molar-refractivity contribution in [3.8, 4) is 0 Å². The lowest BCUT2D eigenvalue weighted by Gasteiger charge is -2.34. The van der Waals surface area contributed by atoms with E-state index in [-0.39, 0.29) is 5.91 Å². The van der Waals surface area contributed by atoms with Gasteiger partial charge in [-0.1, -0.05) is 6.92 Å². The van der Waals surface area contributed by atoms with Crippen LogP contribution in [0.15, 0.2) is 24.3 Å². The van der Waals surface area contributed by atoms with Gasteiger partial charge in [-0.05, 0) is 49.1 Å². The van der Waals surface area contributed by atoms with E-state index in [1.807, 2.05) is 17.0 Å². The summed E-state index contributed by atoms with van der Waals surface area (Å²) >= 11 is 0. The summed E-state index contributed by atoms with van der Waals surface area (Å²) in [5.41, 5.74) is 2.50. The quantitative estimate of drug-likeness (QED) is 0.835. The van der Waals surface area contributed by atoms with Crippen molar-refractivity contribution in [3.05, 3.63) is 29.8 Å². The Morgan fingerprint density at radius 3 is 2.41 bits per heavy atom. The molecule has 0 aromatic heterocycles. The van der Waals surface area contributed by atoms with Crippen molar-refractivity contribution in [2.45, 2.75) is 13.3 Å². The number of likely N-dealkylation sites (N-methyl/N-ethyl adjacent to an activating group) is 1. The molecule has 1 aliphatic carbocycles. The zero-order chi connectivity index (χ0) is 15.3. The van der Waals surface area contributed by atoms with Gasteiger partial charge in [0.25, 0.3) is 5.91 Å². The Labute approximate surface area is 132 Å². The van der Waals surface area contributed by atoms with Gasteiger partial charge in [-0.25, -0.2) is 0 Å². The zero-order valence-electron chi connectivity index (χ0n) is 13.6. The van der Waals surface area contributed by atoms with Crippen LogP contribution in [0.2, 0.25) is 0 Å². The van der Waals surface area contributed by atoms with E-state index in [4.69, 9.17) is 0 Å². The number of rotatable bonds is 2. The van der Waals surface area contributed by atoms with E-state index in [2.05, 4.69) is 35.9 Å². The number of benzene rings is 1. The van der Waals surface area contributed by atoms with Crippen LogP contribution in [0, 0.1) is 11.3 Å². The molecule has 0 spiro atoms. The first kappa shape index (κ1) is 14.1. The maximum atomic E-state index is 12.6.